The summed E-state index contributed by atoms with van der Waals surface area (Å²) < 4.78 is 2.68. The van der Waals surface area contributed by atoms with Gasteiger partial charge in [0.15, 0.2) is 0 Å². The standard InChI is InChI=1S/C10H9Cl2NOS/c11-4-1-5-13-8-3-2-7(12)6-9(8)15-10(13)14/h2-3,6H,1,4-5H2. The Hall–Kier alpha value is -0.510. The van der Waals surface area contributed by atoms with Gasteiger partial charge in [-0.05, 0) is 24.6 Å². The van der Waals surface area contributed by atoms with Gasteiger partial charge in [0.25, 0.3) is 0 Å². The average molecular weight is 262 g/mol. The number of halogens is 2. The summed E-state index contributed by atoms with van der Waals surface area (Å²) in [5.74, 6) is 0.567. The third-order valence-electron chi connectivity index (χ3n) is 2.15. The minimum atomic E-state index is 0.0531. The first-order valence-corrected chi connectivity index (χ1v) is 6.30. The largest absolute Gasteiger partial charge is 0.308 e. The summed E-state index contributed by atoms with van der Waals surface area (Å²) in [5, 5.41) is 0.660. The number of alkyl halides is 1. The van der Waals surface area contributed by atoms with E-state index in [1.165, 1.54) is 11.3 Å². The first kappa shape index (κ1) is 11.0. The molecule has 15 heavy (non-hydrogen) atoms. The summed E-state index contributed by atoms with van der Waals surface area (Å²) in [5.41, 5.74) is 0.944. The number of rotatable bonds is 3. The monoisotopic (exact) mass is 261 g/mol. The fraction of sp³-hybridized carbons (Fsp3) is 0.300. The number of hydrogen-bond acceptors (Lipinski definition) is 2. The van der Waals surface area contributed by atoms with Crippen LogP contribution in [0.3, 0.4) is 0 Å². The first-order valence-electron chi connectivity index (χ1n) is 4.57. The summed E-state index contributed by atoms with van der Waals surface area (Å²) in [6, 6.07) is 5.50. The second-order valence-electron chi connectivity index (χ2n) is 3.17. The van der Waals surface area contributed by atoms with Crippen molar-refractivity contribution in [1.29, 1.82) is 0 Å². The molecular weight excluding hydrogens is 253 g/mol. The Labute approximate surface area is 101 Å². The summed E-state index contributed by atoms with van der Waals surface area (Å²) in [6.45, 7) is 0.671. The van der Waals surface area contributed by atoms with Gasteiger partial charge >= 0.3 is 4.87 Å². The third kappa shape index (κ3) is 2.19. The molecule has 0 aliphatic carbocycles. The highest BCUT2D eigenvalue weighted by molar-refractivity contribution is 7.16. The Morgan fingerprint density at radius 2 is 2.20 bits per heavy atom. The number of hydrogen-bond donors (Lipinski definition) is 0. The molecule has 0 fully saturated rings. The van der Waals surface area contributed by atoms with Crippen LogP contribution in [-0.2, 0) is 6.54 Å². The van der Waals surface area contributed by atoms with Gasteiger partial charge in [-0.1, -0.05) is 22.9 Å². The maximum Gasteiger partial charge on any atom is 0.308 e. The van der Waals surface area contributed by atoms with Crippen LogP contribution >= 0.6 is 34.5 Å². The van der Waals surface area contributed by atoms with Crippen LogP contribution in [0.25, 0.3) is 10.2 Å². The first-order chi connectivity index (χ1) is 7.22. The Bertz CT molecular complexity index is 532. The van der Waals surface area contributed by atoms with Crippen LogP contribution in [0, 0.1) is 0 Å². The molecule has 0 unspecified atom stereocenters. The number of benzene rings is 1. The molecule has 0 bridgehead atoms. The molecule has 1 heterocycles. The minimum absolute atomic E-state index is 0.0531. The van der Waals surface area contributed by atoms with Gasteiger partial charge in [0.1, 0.15) is 0 Å². The maximum absolute atomic E-state index is 11.7. The van der Waals surface area contributed by atoms with Gasteiger partial charge in [-0.25, -0.2) is 0 Å². The topological polar surface area (TPSA) is 22.0 Å². The van der Waals surface area contributed by atoms with Gasteiger partial charge in [-0.2, -0.15) is 0 Å². The van der Waals surface area contributed by atoms with Crippen molar-refractivity contribution >= 4 is 44.8 Å². The minimum Gasteiger partial charge on any atom is -0.299 e. The van der Waals surface area contributed by atoms with Crippen molar-refractivity contribution in [3.63, 3.8) is 0 Å². The fourth-order valence-electron chi connectivity index (χ4n) is 1.47. The molecule has 2 aromatic rings. The smallest absolute Gasteiger partial charge is 0.299 e. The zero-order valence-electron chi connectivity index (χ0n) is 7.87. The lowest BCUT2D eigenvalue weighted by atomic mass is 10.3. The van der Waals surface area contributed by atoms with Crippen LogP contribution in [0.2, 0.25) is 5.02 Å². The summed E-state index contributed by atoms with van der Waals surface area (Å²) in [7, 11) is 0. The zero-order valence-corrected chi connectivity index (χ0v) is 10.2. The lowest BCUT2D eigenvalue weighted by Crippen LogP contribution is -2.12. The highest BCUT2D eigenvalue weighted by Gasteiger charge is 2.06. The van der Waals surface area contributed by atoms with Gasteiger partial charge in [-0.3, -0.25) is 9.36 Å². The van der Waals surface area contributed by atoms with E-state index in [4.69, 9.17) is 23.2 Å². The van der Waals surface area contributed by atoms with Crippen molar-refractivity contribution in [2.24, 2.45) is 0 Å². The van der Waals surface area contributed by atoms with Gasteiger partial charge < -0.3 is 0 Å². The van der Waals surface area contributed by atoms with Crippen molar-refractivity contribution < 1.29 is 0 Å². The second kappa shape index (κ2) is 4.56. The molecule has 0 atom stereocenters. The summed E-state index contributed by atoms with van der Waals surface area (Å²) in [6.07, 6.45) is 0.802. The van der Waals surface area contributed by atoms with Gasteiger partial charge in [-0.15, -0.1) is 11.6 Å². The average Bonchev–Trinajstić information content (AvgIpc) is 2.50. The molecule has 0 spiro atoms. The van der Waals surface area contributed by atoms with E-state index in [1.54, 1.807) is 10.6 Å². The van der Waals surface area contributed by atoms with E-state index in [9.17, 15) is 4.79 Å². The van der Waals surface area contributed by atoms with Crippen molar-refractivity contribution in [2.45, 2.75) is 13.0 Å². The highest BCUT2D eigenvalue weighted by atomic mass is 35.5. The van der Waals surface area contributed by atoms with Crippen LogP contribution in [0.4, 0.5) is 0 Å². The van der Waals surface area contributed by atoms with E-state index in [-0.39, 0.29) is 4.87 Å². The van der Waals surface area contributed by atoms with E-state index in [1.807, 2.05) is 12.1 Å². The third-order valence-corrected chi connectivity index (χ3v) is 3.59. The summed E-state index contributed by atoms with van der Waals surface area (Å²) >= 11 is 12.7. The Balaban J connectivity index is 2.53. The van der Waals surface area contributed by atoms with Crippen molar-refractivity contribution in [2.75, 3.05) is 5.88 Å². The molecule has 0 radical (unpaired) electrons. The van der Waals surface area contributed by atoms with Crippen LogP contribution in [0.5, 0.6) is 0 Å². The predicted octanol–water partition coefficient (Wildman–Crippen LogP) is 3.35. The Kier molecular flexibility index (Phi) is 3.34. The number of thiazole rings is 1. The van der Waals surface area contributed by atoms with Crippen LogP contribution < -0.4 is 4.87 Å². The predicted molar refractivity (Wildman–Crippen MR) is 66.4 cm³/mol. The molecular formula is C10H9Cl2NOS. The van der Waals surface area contributed by atoms with E-state index in [2.05, 4.69) is 0 Å². The fourth-order valence-corrected chi connectivity index (χ4v) is 2.78. The van der Waals surface area contributed by atoms with Crippen LogP contribution in [-0.4, -0.2) is 10.4 Å². The SMILES string of the molecule is O=c1sc2cc(Cl)ccc2n1CCCCl. The van der Waals surface area contributed by atoms with Crippen LogP contribution in [0.15, 0.2) is 23.0 Å². The number of fused-ring (bicyclic) bond motifs is 1. The number of nitrogens with zero attached hydrogens (tertiary/aromatic N) is 1. The summed E-state index contributed by atoms with van der Waals surface area (Å²) in [4.78, 5) is 11.7. The number of aryl methyl sites for hydroxylation is 1. The molecule has 0 amide bonds. The molecule has 5 heteroatoms. The maximum atomic E-state index is 11.7. The van der Waals surface area contributed by atoms with E-state index in [0.717, 1.165) is 16.6 Å². The lowest BCUT2D eigenvalue weighted by Gasteiger charge is -2.00. The van der Waals surface area contributed by atoms with E-state index < -0.39 is 0 Å². The molecule has 2 rings (SSSR count). The zero-order chi connectivity index (χ0) is 10.8. The molecule has 0 saturated heterocycles. The molecule has 2 nitrogen and oxygen atoms in total. The molecule has 1 aromatic carbocycles. The molecule has 0 saturated carbocycles. The second-order valence-corrected chi connectivity index (χ2v) is 4.98. The van der Waals surface area contributed by atoms with Gasteiger partial charge in [0.05, 0.1) is 10.2 Å². The highest BCUT2D eigenvalue weighted by Crippen LogP contribution is 2.21. The van der Waals surface area contributed by atoms with Crippen LogP contribution in [0.1, 0.15) is 6.42 Å². The lowest BCUT2D eigenvalue weighted by molar-refractivity contribution is 0.694. The molecule has 1 aromatic heterocycles. The Morgan fingerprint density at radius 3 is 2.93 bits per heavy atom. The molecule has 0 aliphatic heterocycles. The molecule has 80 valence electrons. The van der Waals surface area contributed by atoms with Crippen molar-refractivity contribution in [3.05, 3.63) is 32.9 Å². The van der Waals surface area contributed by atoms with Gasteiger partial charge in [0, 0.05) is 17.4 Å². The molecule has 0 aliphatic rings. The van der Waals surface area contributed by atoms with E-state index >= 15 is 0 Å². The van der Waals surface area contributed by atoms with Crippen molar-refractivity contribution in [1.82, 2.24) is 4.57 Å². The Morgan fingerprint density at radius 1 is 1.40 bits per heavy atom. The quantitative estimate of drug-likeness (QED) is 0.777. The van der Waals surface area contributed by atoms with Gasteiger partial charge in [0.2, 0.25) is 0 Å². The normalized spacial score (nSPS) is 11.1. The van der Waals surface area contributed by atoms with Crippen molar-refractivity contribution in [3.8, 4) is 0 Å². The van der Waals surface area contributed by atoms with E-state index in [0.29, 0.717) is 17.4 Å². The molecule has 0 N–H and O–H groups in total. The number of aromatic nitrogens is 1.